The topological polar surface area (TPSA) is 142 Å². The number of hydrogen-bond acceptors (Lipinski definition) is 9. The molecule has 2 aliphatic carbocycles. The second-order valence-electron chi connectivity index (χ2n) is 6.92. The molecule has 0 atom stereocenters. The number of carbonyl (C=O) groups excluding carboxylic acids is 2. The number of hydrogen-bond donors (Lipinski definition) is 4. The average molecular weight is 576 g/mol. The van der Waals surface area contributed by atoms with Crippen molar-refractivity contribution in [2.75, 3.05) is 10.6 Å². The normalized spacial score (nSPS) is 15.4. The van der Waals surface area contributed by atoms with E-state index in [1.165, 1.54) is 12.2 Å². The minimum atomic E-state index is -1.30. The van der Waals surface area contributed by atoms with E-state index >= 15 is 0 Å². The van der Waals surface area contributed by atoms with Gasteiger partial charge in [-0.05, 0) is 48.6 Å². The second kappa shape index (κ2) is 16.8. The summed E-state index contributed by atoms with van der Waals surface area (Å²) in [4.78, 5) is 22.8. The van der Waals surface area contributed by atoms with Crippen LogP contribution >= 0.6 is 0 Å². The minimum absolute atomic E-state index is 0.0505. The van der Waals surface area contributed by atoms with Gasteiger partial charge >= 0.3 is 43.1 Å². The van der Waals surface area contributed by atoms with Crippen LogP contribution in [0.25, 0.3) is 0 Å². The maximum absolute atomic E-state index is 11.4. The molecule has 188 valence electrons. The first-order valence-electron chi connectivity index (χ1n) is 10.5. The van der Waals surface area contributed by atoms with Crippen LogP contribution in [0.5, 0.6) is 11.5 Å². The van der Waals surface area contributed by atoms with E-state index in [1.807, 2.05) is 0 Å². The molecule has 0 saturated heterocycles. The third-order valence-electron chi connectivity index (χ3n) is 4.48. The third kappa shape index (κ3) is 10.7. The van der Waals surface area contributed by atoms with Crippen LogP contribution in [0.1, 0.15) is 0 Å². The van der Waals surface area contributed by atoms with Crippen molar-refractivity contribution in [2.45, 2.75) is 0 Å². The van der Waals surface area contributed by atoms with Gasteiger partial charge in [-0.25, -0.2) is 0 Å². The molecule has 2 aromatic rings. The molecule has 0 unspecified atom stereocenters. The Hall–Kier alpha value is -3.85. The van der Waals surface area contributed by atoms with E-state index in [0.717, 1.165) is 0 Å². The molecule has 4 N–H and O–H groups in total. The molecule has 4 rings (SSSR count). The predicted molar refractivity (Wildman–Crippen MR) is 129 cm³/mol. The van der Waals surface area contributed by atoms with Gasteiger partial charge in [-0.15, -0.1) is 0 Å². The molecule has 0 bridgehead atoms. The number of phenols is 2. The molecule has 0 heterocycles. The number of phenolic OH excluding ortho intramolecular Hbond substituents is 2. The molecule has 9 nitrogen and oxygen atoms in total. The van der Waals surface area contributed by atoms with E-state index in [-0.39, 0.29) is 23.1 Å². The first-order chi connectivity index (χ1) is 18.0. The van der Waals surface area contributed by atoms with Crippen LogP contribution in [0.3, 0.4) is 0 Å². The number of nitrogens with one attached hydrogen (secondary N) is 2. The van der Waals surface area contributed by atoms with Crippen LogP contribution in [0, 0.1) is 0 Å². The summed E-state index contributed by atoms with van der Waals surface area (Å²) < 4.78 is 22.4. The molecule has 0 spiro atoms. The van der Waals surface area contributed by atoms with Crippen molar-refractivity contribution in [1.82, 2.24) is 0 Å². The fourth-order valence-corrected chi connectivity index (χ4v) is 2.93. The summed E-state index contributed by atoms with van der Waals surface area (Å²) in [5.74, 6) is 0.208. The molecule has 37 heavy (non-hydrogen) atoms. The Kier molecular flexibility index (Phi) is 13.3. The van der Waals surface area contributed by atoms with Gasteiger partial charge in [0, 0.05) is 23.5 Å². The van der Waals surface area contributed by atoms with Crippen LogP contribution in [0.15, 0.2) is 121 Å². The van der Waals surface area contributed by atoms with Gasteiger partial charge in [0.15, 0.2) is 11.6 Å². The van der Waals surface area contributed by atoms with Crippen LogP contribution in [-0.4, -0.2) is 21.8 Å². The van der Waals surface area contributed by atoms with Crippen LogP contribution < -0.4 is 10.6 Å². The SMILES string of the molecule is O=C1C=CC=CC1=CNc1ccccc1O.O=C1C=CC=CC1=CNc1ccccc1O.[O]=[V][O][V]=[O]. The monoisotopic (exact) mass is 576 g/mol. The number of aromatic hydroxyl groups is 2. The number of carbonyl (C=O) groups is 2. The Bertz CT molecular complexity index is 1210. The fourth-order valence-electron chi connectivity index (χ4n) is 2.72. The molecule has 11 heteroatoms. The van der Waals surface area contributed by atoms with Crippen LogP contribution in [-0.2, 0) is 52.7 Å². The quantitative estimate of drug-likeness (QED) is 0.290. The maximum atomic E-state index is 11.4. The molecule has 0 fully saturated rings. The molecule has 0 amide bonds. The Morgan fingerprint density at radius 2 is 1.00 bits per heavy atom. The number of ketones is 2. The molecule has 2 aromatic carbocycles. The van der Waals surface area contributed by atoms with Gasteiger partial charge in [0.05, 0.1) is 11.4 Å². The summed E-state index contributed by atoms with van der Waals surface area (Å²) >= 11 is -2.61. The summed E-state index contributed by atoms with van der Waals surface area (Å²) in [6.07, 6.45) is 16.6. The number of para-hydroxylation sites is 4. The van der Waals surface area contributed by atoms with Gasteiger partial charge in [0.1, 0.15) is 11.5 Å². The first-order valence-corrected chi connectivity index (χ1v) is 12.8. The van der Waals surface area contributed by atoms with Gasteiger partial charge in [-0.2, -0.15) is 0 Å². The van der Waals surface area contributed by atoms with E-state index in [4.69, 9.17) is 0 Å². The van der Waals surface area contributed by atoms with E-state index in [9.17, 15) is 27.2 Å². The van der Waals surface area contributed by atoms with Gasteiger partial charge in [0.25, 0.3) is 0 Å². The van der Waals surface area contributed by atoms with Crippen molar-refractivity contribution in [1.29, 1.82) is 0 Å². The molecule has 0 saturated carbocycles. The summed E-state index contributed by atoms with van der Waals surface area (Å²) in [5.41, 5.74) is 2.27. The van der Waals surface area contributed by atoms with Crippen LogP contribution in [0.2, 0.25) is 0 Å². The van der Waals surface area contributed by atoms with Crippen LogP contribution in [0.4, 0.5) is 11.4 Å². The van der Waals surface area contributed by atoms with Crippen molar-refractivity contribution in [2.24, 2.45) is 0 Å². The number of allylic oxidation sites excluding steroid dienone is 10. The average Bonchev–Trinajstić information content (AvgIpc) is 2.91. The van der Waals surface area contributed by atoms with Crippen molar-refractivity contribution in [3.63, 3.8) is 0 Å². The second-order valence-corrected chi connectivity index (χ2v) is 8.69. The number of anilines is 2. The van der Waals surface area contributed by atoms with E-state index in [2.05, 4.69) is 13.2 Å². The molecule has 0 radical (unpaired) electrons. The van der Waals surface area contributed by atoms with E-state index < -0.39 is 33.2 Å². The Labute approximate surface area is 227 Å². The molecular weight excluding hydrogens is 554 g/mol. The molecule has 0 aromatic heterocycles. The van der Waals surface area contributed by atoms with Gasteiger partial charge in [0.2, 0.25) is 0 Å². The van der Waals surface area contributed by atoms with Crippen molar-refractivity contribution in [3.05, 3.63) is 121 Å². The zero-order valence-corrected chi connectivity index (χ0v) is 22.0. The first kappa shape index (κ1) is 29.4. The molecule has 2 aliphatic rings. The summed E-state index contributed by atoms with van der Waals surface area (Å²) in [6.45, 7) is 0. The molecule has 0 aliphatic heterocycles. The third-order valence-corrected chi connectivity index (χ3v) is 5.55. The van der Waals surface area contributed by atoms with Gasteiger partial charge in [-0.3, -0.25) is 9.59 Å². The molecular formula is C26H22N2O7V2. The van der Waals surface area contributed by atoms with Gasteiger partial charge in [-0.1, -0.05) is 48.6 Å². The zero-order chi connectivity index (χ0) is 26.9. The standard InChI is InChI=1S/2C13H11NO2.3O.2V/c2*15-12-7-3-1-5-10(12)9-14-11-6-2-4-8-13(11)16;;;;;/h2*1-9,14,16H;;;;;. The summed E-state index contributed by atoms with van der Waals surface area (Å²) in [6, 6.07) is 13.7. The number of benzene rings is 2. The summed E-state index contributed by atoms with van der Waals surface area (Å²) in [5, 5.41) is 24.8. The fraction of sp³-hybridized carbons (Fsp3) is 0. The number of rotatable bonds is 6. The van der Waals surface area contributed by atoms with Gasteiger partial charge < -0.3 is 20.8 Å². The van der Waals surface area contributed by atoms with Crippen molar-refractivity contribution < 1.29 is 62.9 Å². The Balaban J connectivity index is 0.000000221. The van der Waals surface area contributed by atoms with E-state index in [1.54, 1.807) is 97.4 Å². The Morgan fingerprint density at radius 1 is 0.622 bits per heavy atom. The predicted octanol–water partition coefficient (Wildman–Crippen LogP) is 4.46. The van der Waals surface area contributed by atoms with Crippen molar-refractivity contribution in [3.8, 4) is 11.5 Å². The zero-order valence-electron chi connectivity index (χ0n) is 19.2. The van der Waals surface area contributed by atoms with Crippen molar-refractivity contribution >= 4 is 22.9 Å². The Morgan fingerprint density at radius 3 is 1.32 bits per heavy atom. The summed E-state index contributed by atoms with van der Waals surface area (Å²) in [7, 11) is 0. The van der Waals surface area contributed by atoms with E-state index in [0.29, 0.717) is 22.5 Å².